The number of carboxylic acids is 1. The second kappa shape index (κ2) is 30.4. The Bertz CT molecular complexity index is 3860. The predicted octanol–water partition coefficient (Wildman–Crippen LogP) is 14.6. The number of Topliss-reactive ketones (excluding diaryl/α,β-unsaturated/α-hetero) is 4. The van der Waals surface area contributed by atoms with E-state index in [1.807, 2.05) is 60.7 Å². The molecule has 8 aromatic rings. The van der Waals surface area contributed by atoms with Crippen LogP contribution in [0.1, 0.15) is 148 Å². The Morgan fingerprint density at radius 3 is 1.13 bits per heavy atom. The molecule has 0 aliphatic carbocycles. The smallest absolute Gasteiger partial charge is 0.335 e. The van der Waals surface area contributed by atoms with Gasteiger partial charge in [0.1, 0.15) is 5.75 Å². The van der Waals surface area contributed by atoms with Crippen molar-refractivity contribution in [1.29, 1.82) is 0 Å². The third-order valence-electron chi connectivity index (χ3n) is 22.1. The van der Waals surface area contributed by atoms with E-state index >= 15 is 0 Å². The van der Waals surface area contributed by atoms with Crippen LogP contribution in [0.15, 0.2) is 212 Å². The molecular weight excluding hydrogens is 1200 g/mol. The molecule has 0 radical (unpaired) electrons. The van der Waals surface area contributed by atoms with E-state index < -0.39 is 5.97 Å². The highest BCUT2D eigenvalue weighted by atomic mass is 32.1. The van der Waals surface area contributed by atoms with Crippen LogP contribution >= 0.6 is 11.3 Å². The van der Waals surface area contributed by atoms with E-state index in [9.17, 15) is 24.0 Å². The van der Waals surface area contributed by atoms with Crippen LogP contribution in [0.4, 0.5) is 0 Å². The number of nitrogens with zero attached hydrogens (tertiary/aromatic N) is 4. The molecule has 95 heavy (non-hydrogen) atoms. The van der Waals surface area contributed by atoms with E-state index in [-0.39, 0.29) is 71.2 Å². The van der Waals surface area contributed by atoms with Crippen molar-refractivity contribution in [2.75, 3.05) is 59.5 Å². The second-order valence-corrected chi connectivity index (χ2v) is 28.3. The standard InChI is InChI=1S/C23H27NO.C21H21NO3.C21H23NO2.C18H19NOS/c1-2-8-17-9-6-7-12-20(17)21(18-10-4-3-5-11-18)22-23(25)19-13-15-24(22)16-14-19;23-20-16-10-12-22(13-11-16)19(20)18(14-4-2-1-3-5-14)15-6-8-17(9-7-15)21(24)25;1-24-18-10-6-5-9-17(18)19(15-7-3-2-4-8-15)20-21(23)16-11-13-22(20)14-12-16;20-18-14-8-10-19(11-9-14)17(18)16(15-7-4-12-21-15)13-5-2-1-3-6-13/h3-7,9-12,19,21-22H,2,8,13-16H2,1H3;1-9,16,18-19H,10-13H2,(H,24,25);2-10,16,19-20H,11-14H2,1H3;1-7,12,14,16-17H,8-11H2. The van der Waals surface area contributed by atoms with Gasteiger partial charge >= 0.3 is 5.97 Å². The first kappa shape index (κ1) is 65.7. The number of carbonyl (C=O) groups is 5. The number of carboxylic acid groups (broad SMARTS) is 1. The third-order valence-corrected chi connectivity index (χ3v) is 23.1. The van der Waals surface area contributed by atoms with Crippen molar-refractivity contribution in [3.05, 3.63) is 267 Å². The van der Waals surface area contributed by atoms with Crippen molar-refractivity contribution in [3.8, 4) is 5.75 Å². The molecule has 12 aliphatic heterocycles. The summed E-state index contributed by atoms with van der Waals surface area (Å²) in [6.45, 7) is 10.5. The minimum absolute atomic E-state index is 0.00732. The van der Waals surface area contributed by atoms with Crippen molar-refractivity contribution < 1.29 is 33.8 Å². The van der Waals surface area contributed by atoms with Gasteiger partial charge in [0.2, 0.25) is 0 Å². The number of benzene rings is 7. The number of fused-ring (bicyclic) bond motifs is 12. The van der Waals surface area contributed by atoms with E-state index in [1.165, 1.54) is 32.7 Å². The minimum atomic E-state index is -0.931. The number of methoxy groups -OCH3 is 1. The average molecular weight is 1290 g/mol. The molecule has 0 saturated carbocycles. The first-order chi connectivity index (χ1) is 46.6. The third kappa shape index (κ3) is 14.0. The highest BCUT2D eigenvalue weighted by Gasteiger charge is 2.50. The lowest BCUT2D eigenvalue weighted by molar-refractivity contribution is -0.138. The number of carbonyl (C=O) groups excluding carboxylic acids is 4. The van der Waals surface area contributed by atoms with Gasteiger partial charge in [-0.2, -0.15) is 0 Å². The number of hydrogen-bond donors (Lipinski definition) is 1. The molecule has 7 aromatic carbocycles. The Kier molecular flexibility index (Phi) is 21.0. The molecule has 1 N–H and O–H groups in total. The molecule has 8 bridgehead atoms. The molecular formula is C83H90N4O7S. The van der Waals surface area contributed by atoms with Crippen molar-refractivity contribution in [1.82, 2.24) is 19.6 Å². The van der Waals surface area contributed by atoms with Gasteiger partial charge in [0.15, 0.2) is 23.1 Å². The fourth-order valence-corrected chi connectivity index (χ4v) is 18.2. The lowest BCUT2D eigenvalue weighted by Gasteiger charge is -2.47. The van der Waals surface area contributed by atoms with Crippen LogP contribution in [-0.4, -0.2) is 137 Å². The van der Waals surface area contributed by atoms with Gasteiger partial charge in [-0.3, -0.25) is 38.8 Å². The van der Waals surface area contributed by atoms with Crippen molar-refractivity contribution in [2.45, 2.75) is 119 Å². The quantitative estimate of drug-likeness (QED) is 0.0993. The number of aryl methyl sites for hydroxylation is 1. The molecule has 12 saturated heterocycles. The molecule has 13 heterocycles. The lowest BCUT2D eigenvalue weighted by Crippen LogP contribution is -2.57. The summed E-state index contributed by atoms with van der Waals surface area (Å²) in [4.78, 5) is 74.2. The first-order valence-corrected chi connectivity index (χ1v) is 35.8. The maximum absolute atomic E-state index is 13.2. The SMILES string of the molecule is CCCc1ccccc1C(c1ccccc1)C1C(=O)C2CCN1CC2.COc1ccccc1C(c1ccccc1)C1C(=O)C2CCN1CC2.O=C(O)c1ccc(C(c2ccccc2)C2C(=O)C3CCN2CC3)cc1.O=C1C2CCN(CC2)C1C(c1ccccc1)c1cccs1. The normalized spacial score (nSPS) is 27.3. The van der Waals surface area contributed by atoms with E-state index in [2.05, 4.69) is 165 Å². The summed E-state index contributed by atoms with van der Waals surface area (Å²) in [7, 11) is 1.70. The van der Waals surface area contributed by atoms with Crippen LogP contribution in [0.5, 0.6) is 5.75 Å². The number of rotatable bonds is 16. The average Bonchev–Trinajstić information content (AvgIpc) is 0.853. The van der Waals surface area contributed by atoms with Crippen molar-refractivity contribution in [2.24, 2.45) is 23.7 Å². The van der Waals surface area contributed by atoms with Gasteiger partial charge in [-0.25, -0.2) is 4.79 Å². The second-order valence-electron chi connectivity index (χ2n) is 27.3. The summed E-state index contributed by atoms with van der Waals surface area (Å²) < 4.78 is 5.62. The monoisotopic (exact) mass is 1290 g/mol. The maximum Gasteiger partial charge on any atom is 0.335 e. The fraction of sp³-hybridized carbons (Fsp3) is 0.386. The lowest BCUT2D eigenvalue weighted by atomic mass is 9.72. The van der Waals surface area contributed by atoms with Gasteiger partial charge in [-0.05, 0) is 179 Å². The molecule has 20 rings (SSSR count). The summed E-state index contributed by atoms with van der Waals surface area (Å²) in [5.74, 6) is 2.93. The molecule has 8 unspecified atom stereocenters. The van der Waals surface area contributed by atoms with Crippen molar-refractivity contribution in [3.63, 3.8) is 0 Å². The van der Waals surface area contributed by atoms with Gasteiger partial charge in [0, 0.05) is 57.8 Å². The fourth-order valence-electron chi connectivity index (χ4n) is 17.4. The van der Waals surface area contributed by atoms with Crippen molar-refractivity contribution >= 4 is 40.4 Å². The number of ketones is 4. The summed E-state index contributed by atoms with van der Waals surface area (Å²) in [6.07, 6.45) is 10.4. The molecule has 11 nitrogen and oxygen atoms in total. The molecule has 12 aliphatic rings. The van der Waals surface area contributed by atoms with Crippen LogP contribution in [0.3, 0.4) is 0 Å². The van der Waals surface area contributed by atoms with Gasteiger partial charge < -0.3 is 9.84 Å². The summed E-state index contributed by atoms with van der Waals surface area (Å²) in [5.41, 5.74) is 9.97. The molecule has 0 spiro atoms. The highest BCUT2D eigenvalue weighted by Crippen LogP contribution is 2.46. The Morgan fingerprint density at radius 2 is 0.747 bits per heavy atom. The van der Waals surface area contributed by atoms with Crippen LogP contribution in [0.2, 0.25) is 0 Å². The molecule has 490 valence electrons. The van der Waals surface area contributed by atoms with Crippen LogP contribution < -0.4 is 4.74 Å². The summed E-state index contributed by atoms with van der Waals surface area (Å²) in [5, 5.41) is 11.3. The topological polar surface area (TPSA) is 128 Å². The number of ether oxygens (including phenoxy) is 1. The van der Waals surface area contributed by atoms with Gasteiger partial charge in [-0.1, -0.05) is 195 Å². The number of hydrogen-bond acceptors (Lipinski definition) is 11. The molecule has 0 amide bonds. The zero-order valence-corrected chi connectivity index (χ0v) is 55.8. The van der Waals surface area contributed by atoms with E-state index in [1.54, 1.807) is 30.6 Å². The first-order valence-electron chi connectivity index (χ1n) is 35.0. The van der Waals surface area contributed by atoms with Crippen LogP contribution in [-0.2, 0) is 25.6 Å². The zero-order chi connectivity index (χ0) is 65.4. The van der Waals surface area contributed by atoms with Crippen LogP contribution in [0.25, 0.3) is 0 Å². The maximum atomic E-state index is 13.2. The van der Waals surface area contributed by atoms with Gasteiger partial charge in [0.25, 0.3) is 0 Å². The molecule has 8 atom stereocenters. The number of piperidine rings is 12. The molecule has 1 aromatic heterocycles. The number of thiophene rings is 1. The van der Waals surface area contributed by atoms with Gasteiger partial charge in [0.05, 0.1) is 36.8 Å². The largest absolute Gasteiger partial charge is 0.496 e. The molecule has 12 heteroatoms. The van der Waals surface area contributed by atoms with E-state index in [0.717, 1.165) is 139 Å². The van der Waals surface area contributed by atoms with Crippen LogP contribution in [0, 0.1) is 23.7 Å². The highest BCUT2D eigenvalue weighted by molar-refractivity contribution is 7.10. The summed E-state index contributed by atoms with van der Waals surface area (Å²) in [6, 6.07) is 69.7. The molecule has 12 fully saturated rings. The van der Waals surface area contributed by atoms with Gasteiger partial charge in [-0.15, -0.1) is 11.3 Å². The number of aromatic carboxylic acids is 1. The van der Waals surface area contributed by atoms with E-state index in [0.29, 0.717) is 29.1 Å². The Morgan fingerprint density at radius 1 is 0.411 bits per heavy atom. The minimum Gasteiger partial charge on any atom is -0.496 e. The Hall–Kier alpha value is -7.97. The Labute approximate surface area is 565 Å². The summed E-state index contributed by atoms with van der Waals surface area (Å²) >= 11 is 1.77. The zero-order valence-electron chi connectivity index (χ0n) is 55.0. The van der Waals surface area contributed by atoms with E-state index in [4.69, 9.17) is 9.84 Å². The number of para-hydroxylation sites is 1. The predicted molar refractivity (Wildman–Crippen MR) is 377 cm³/mol. The Balaban J connectivity index is 0.000000115.